The summed E-state index contributed by atoms with van der Waals surface area (Å²) in [5.74, 6) is -0.997. The molecule has 4 aromatic rings. The van der Waals surface area contributed by atoms with Crippen LogP contribution in [0.5, 0.6) is 0 Å². The van der Waals surface area contributed by atoms with Crippen LogP contribution >= 0.6 is 0 Å². The highest BCUT2D eigenvalue weighted by atomic mass is 19.2. The number of anilines is 2. The third kappa shape index (κ3) is 5.19. The van der Waals surface area contributed by atoms with Crippen LogP contribution in [0, 0.1) is 12.8 Å². The zero-order valence-electron chi connectivity index (χ0n) is 22.8. The number of carbonyl (C=O) groups excluding carboxylic acids is 1. The number of nitrogens with zero attached hydrogens (tertiary/aromatic N) is 9. The highest BCUT2D eigenvalue weighted by Crippen LogP contribution is 2.36. The van der Waals surface area contributed by atoms with Crippen LogP contribution in [0.15, 0.2) is 66.0 Å². The van der Waals surface area contributed by atoms with E-state index in [0.717, 1.165) is 22.4 Å². The monoisotopic (exact) mass is 561 g/mol. The van der Waals surface area contributed by atoms with E-state index in [0.29, 0.717) is 37.0 Å². The van der Waals surface area contributed by atoms with Crippen molar-refractivity contribution in [3.63, 3.8) is 0 Å². The van der Waals surface area contributed by atoms with Gasteiger partial charge in [0.1, 0.15) is 17.3 Å². The Bertz CT molecular complexity index is 1650. The fraction of sp³-hybridized carbons (Fsp3) is 0.333. The first kappa shape index (κ1) is 26.3. The first-order chi connectivity index (χ1) is 19.8. The molecule has 6 rings (SSSR count). The Morgan fingerprint density at radius 2 is 1.88 bits per heavy atom. The van der Waals surface area contributed by atoms with Gasteiger partial charge in [-0.1, -0.05) is 28.9 Å². The summed E-state index contributed by atoms with van der Waals surface area (Å²) in [6, 6.07) is 8.62. The van der Waals surface area contributed by atoms with Gasteiger partial charge in [-0.3, -0.25) is 10.00 Å². The molecule has 1 aliphatic heterocycles. The molecular weight excluding hydrogens is 532 g/mol. The summed E-state index contributed by atoms with van der Waals surface area (Å²) in [6.07, 6.45) is 5.18. The van der Waals surface area contributed by atoms with Crippen LogP contribution in [-0.4, -0.2) is 64.9 Å². The van der Waals surface area contributed by atoms with E-state index in [4.69, 9.17) is 5.10 Å². The van der Waals surface area contributed by atoms with Crippen molar-refractivity contribution in [3.8, 4) is 16.9 Å². The van der Waals surface area contributed by atoms with Crippen molar-refractivity contribution in [1.82, 2.24) is 45.1 Å². The number of benzene rings is 1. The van der Waals surface area contributed by atoms with Gasteiger partial charge in [-0.15, -0.1) is 5.10 Å². The van der Waals surface area contributed by atoms with Crippen LogP contribution in [0.2, 0.25) is 0 Å². The number of nitrogens with one attached hydrogen (secondary N) is 2. The predicted molar refractivity (Wildman–Crippen MR) is 148 cm³/mol. The summed E-state index contributed by atoms with van der Waals surface area (Å²) in [7, 11) is 3.49. The Morgan fingerprint density at radius 3 is 2.56 bits per heavy atom. The molecule has 3 aromatic heterocycles. The molecule has 1 saturated heterocycles. The third-order valence-electron chi connectivity index (χ3n) is 7.43. The van der Waals surface area contributed by atoms with Gasteiger partial charge in [-0.05, 0) is 36.8 Å². The Balaban J connectivity index is 1.29. The number of urea groups is 1. The van der Waals surface area contributed by atoms with Gasteiger partial charge in [-0.25, -0.2) is 18.3 Å². The third-order valence-corrected chi connectivity index (χ3v) is 7.43. The number of allylic oxidation sites excluding steroid dienone is 3. The van der Waals surface area contributed by atoms with Crippen LogP contribution in [0.4, 0.5) is 25.3 Å². The molecule has 14 heteroatoms. The van der Waals surface area contributed by atoms with Crippen LogP contribution in [-0.2, 0) is 14.1 Å². The van der Waals surface area contributed by atoms with E-state index in [1.807, 2.05) is 55.4 Å². The van der Waals surface area contributed by atoms with Crippen molar-refractivity contribution >= 4 is 17.8 Å². The summed E-state index contributed by atoms with van der Waals surface area (Å²) in [5, 5.41) is 27.4. The molecule has 2 atom stereocenters. The standard InChI is InChI=1S/C27H29F2N11O/c1-16-24(18-12-30-37(2)13-18)34-40(19-7-5-4-6-8-19)25(16)32-27(41)31-23-15-39(26-33-36-38(3)35-26)14-20(23)17-9-10-21(28)22(29)11-17/h4-8,11-13,20,23H,9-10,14-15H2,1-3H3,(H2,31,32,41). The molecule has 1 aliphatic carbocycles. The lowest BCUT2D eigenvalue weighted by atomic mass is 9.88. The lowest BCUT2D eigenvalue weighted by Gasteiger charge is -2.24. The molecule has 2 aliphatic rings. The van der Waals surface area contributed by atoms with Gasteiger partial charge in [0.25, 0.3) is 5.95 Å². The molecule has 12 nitrogen and oxygen atoms in total. The highest BCUT2D eigenvalue weighted by Gasteiger charge is 2.39. The van der Waals surface area contributed by atoms with Crippen molar-refractivity contribution in [2.24, 2.45) is 20.0 Å². The van der Waals surface area contributed by atoms with E-state index in [1.54, 1.807) is 22.6 Å². The molecule has 2 N–H and O–H groups in total. The SMILES string of the molecule is Cc1c(-c2cnn(C)c2)nn(-c2ccccc2)c1NC(=O)NC1CN(c2nnn(C)n2)CC1C1=CC(F)=C(F)CC1. The number of hydrogen-bond donors (Lipinski definition) is 2. The Morgan fingerprint density at radius 1 is 1.07 bits per heavy atom. The second-order valence-corrected chi connectivity index (χ2v) is 10.2. The summed E-state index contributed by atoms with van der Waals surface area (Å²) in [6.45, 7) is 2.68. The lowest BCUT2D eigenvalue weighted by molar-refractivity contribution is 0.247. The average molecular weight is 562 g/mol. The first-order valence-corrected chi connectivity index (χ1v) is 13.2. The van der Waals surface area contributed by atoms with Crippen molar-refractivity contribution in [3.05, 3.63) is 71.6 Å². The molecule has 0 spiro atoms. The Kier molecular flexibility index (Phi) is 6.81. The normalized spacial score (nSPS) is 19.0. The fourth-order valence-electron chi connectivity index (χ4n) is 5.40. The van der Waals surface area contributed by atoms with Gasteiger partial charge < -0.3 is 10.2 Å². The van der Waals surface area contributed by atoms with Crippen LogP contribution in [0.1, 0.15) is 18.4 Å². The van der Waals surface area contributed by atoms with Gasteiger partial charge in [0, 0.05) is 49.8 Å². The predicted octanol–water partition coefficient (Wildman–Crippen LogP) is 3.60. The number of hydrogen-bond acceptors (Lipinski definition) is 7. The lowest BCUT2D eigenvalue weighted by Crippen LogP contribution is -2.43. The number of halogens is 2. The van der Waals surface area contributed by atoms with Gasteiger partial charge in [0.05, 0.1) is 25.0 Å². The smallest absolute Gasteiger partial charge is 0.320 e. The van der Waals surface area contributed by atoms with E-state index in [2.05, 4.69) is 31.1 Å². The second-order valence-electron chi connectivity index (χ2n) is 10.2. The molecule has 0 radical (unpaired) electrons. The first-order valence-electron chi connectivity index (χ1n) is 13.2. The molecule has 1 aromatic carbocycles. The maximum Gasteiger partial charge on any atom is 0.320 e. The molecule has 2 amide bonds. The van der Waals surface area contributed by atoms with E-state index in [1.165, 1.54) is 10.9 Å². The molecule has 212 valence electrons. The number of amides is 2. The number of aryl methyl sites for hydroxylation is 2. The van der Waals surface area contributed by atoms with Crippen LogP contribution < -0.4 is 15.5 Å². The zero-order valence-corrected chi connectivity index (χ0v) is 22.8. The molecule has 41 heavy (non-hydrogen) atoms. The minimum atomic E-state index is -0.865. The van der Waals surface area contributed by atoms with Crippen molar-refractivity contribution in [2.45, 2.75) is 25.8 Å². The molecule has 2 unspecified atom stereocenters. The summed E-state index contributed by atoms with van der Waals surface area (Å²) in [4.78, 5) is 16.8. The van der Waals surface area contributed by atoms with Gasteiger partial charge >= 0.3 is 6.03 Å². The zero-order chi connectivity index (χ0) is 28.7. The minimum Gasteiger partial charge on any atom is -0.335 e. The van der Waals surface area contributed by atoms with E-state index >= 15 is 0 Å². The average Bonchev–Trinajstić information content (AvgIpc) is 3.74. The van der Waals surface area contributed by atoms with Crippen LogP contribution in [0.25, 0.3) is 16.9 Å². The number of aromatic nitrogens is 8. The second kappa shape index (κ2) is 10.6. The topological polar surface area (TPSA) is 124 Å². The number of carbonyl (C=O) groups is 1. The van der Waals surface area contributed by atoms with E-state index < -0.39 is 23.7 Å². The summed E-state index contributed by atoms with van der Waals surface area (Å²) >= 11 is 0. The van der Waals surface area contributed by atoms with Crippen LogP contribution in [0.3, 0.4) is 0 Å². The molecule has 1 fully saturated rings. The van der Waals surface area contributed by atoms with Crippen molar-refractivity contribution in [1.29, 1.82) is 0 Å². The van der Waals surface area contributed by atoms with Gasteiger partial charge in [0.15, 0.2) is 5.83 Å². The summed E-state index contributed by atoms with van der Waals surface area (Å²) in [5.41, 5.74) is 3.77. The maximum atomic E-state index is 14.2. The highest BCUT2D eigenvalue weighted by molar-refractivity contribution is 5.91. The van der Waals surface area contributed by atoms with Gasteiger partial charge in [0.2, 0.25) is 0 Å². The number of para-hydroxylation sites is 1. The summed E-state index contributed by atoms with van der Waals surface area (Å²) < 4.78 is 31.4. The Labute approximate surface area is 234 Å². The molecule has 4 heterocycles. The van der Waals surface area contributed by atoms with Crippen molar-refractivity contribution in [2.75, 3.05) is 23.3 Å². The fourth-order valence-corrected chi connectivity index (χ4v) is 5.40. The molecule has 0 bridgehead atoms. The largest absolute Gasteiger partial charge is 0.335 e. The number of rotatable bonds is 6. The quantitative estimate of drug-likeness (QED) is 0.369. The number of tetrazole rings is 1. The Hall–Kier alpha value is -4.88. The van der Waals surface area contributed by atoms with Gasteiger partial charge in [-0.2, -0.15) is 15.0 Å². The molecular formula is C27H29F2N11O. The maximum absolute atomic E-state index is 14.2. The van der Waals surface area contributed by atoms with E-state index in [-0.39, 0.29) is 12.3 Å². The van der Waals surface area contributed by atoms with Crippen molar-refractivity contribution < 1.29 is 13.6 Å². The van der Waals surface area contributed by atoms with E-state index in [9.17, 15) is 13.6 Å². The molecule has 0 saturated carbocycles. The minimum absolute atomic E-state index is 0.0109.